The fourth-order valence-electron chi connectivity index (χ4n) is 4.81. The highest BCUT2D eigenvalue weighted by Gasteiger charge is 2.31. The highest BCUT2D eigenvalue weighted by atomic mass is 35.5. The number of rotatable bonds is 5. The van der Waals surface area contributed by atoms with Gasteiger partial charge in [-0.15, -0.1) is 17.2 Å². The van der Waals surface area contributed by atoms with Crippen LogP contribution in [0.2, 0.25) is 0 Å². The van der Waals surface area contributed by atoms with Crippen LogP contribution in [0.4, 0.5) is 4.79 Å². The molecule has 2 saturated heterocycles. The minimum atomic E-state index is -3.98. The molecule has 4 N–H and O–H groups in total. The maximum Gasteiger partial charge on any atom is 0.335 e. The molecular weight excluding hydrogens is 488 g/mol. The third-order valence-electron chi connectivity index (χ3n) is 6.67. The molecule has 0 aliphatic carbocycles. The monoisotopic (exact) mass is 522 g/mol. The third kappa shape index (κ3) is 6.77. The SMILES string of the molecule is Cl.N=C(N)N1CCCC(CN(NS(=O)(=O)c2ccc3ccccc3c2)C(=O)N2CCCCCC2)C1. The summed E-state index contributed by atoms with van der Waals surface area (Å²) in [5, 5.41) is 10.8. The number of nitrogens with zero attached hydrogens (tertiary/aromatic N) is 3. The number of carbonyl (C=O) groups excluding carboxylic acids is 1. The Morgan fingerprint density at radius 3 is 2.34 bits per heavy atom. The van der Waals surface area contributed by atoms with Gasteiger partial charge in [0.1, 0.15) is 0 Å². The number of benzene rings is 2. The van der Waals surface area contributed by atoms with Crippen molar-refractivity contribution in [2.75, 3.05) is 32.7 Å². The first kappa shape index (κ1) is 27.0. The van der Waals surface area contributed by atoms with E-state index < -0.39 is 10.0 Å². The van der Waals surface area contributed by atoms with Gasteiger partial charge in [0.25, 0.3) is 10.0 Å². The second-order valence-electron chi connectivity index (χ2n) is 9.24. The van der Waals surface area contributed by atoms with Crippen LogP contribution in [0.5, 0.6) is 0 Å². The first-order chi connectivity index (χ1) is 16.3. The molecule has 2 aliphatic rings. The lowest BCUT2D eigenvalue weighted by Crippen LogP contribution is -2.55. The number of halogens is 1. The van der Waals surface area contributed by atoms with Crippen molar-refractivity contribution in [1.82, 2.24) is 19.6 Å². The number of hydrazine groups is 1. The Kier molecular flexibility index (Phi) is 9.21. The standard InChI is InChI=1S/C24H34N6O3S.ClH/c25-23(26)29-15-7-8-19(17-29)18-30(24(31)28-13-5-1-2-6-14-28)27-34(32,33)22-12-11-20-9-3-4-10-21(20)16-22;/h3-4,9-12,16,19,27H,1-2,5-8,13-15,17-18H2,(H3,25,26);1H. The molecule has 4 rings (SSSR count). The smallest absolute Gasteiger partial charge is 0.335 e. The number of hydrogen-bond donors (Lipinski definition) is 3. The highest BCUT2D eigenvalue weighted by Crippen LogP contribution is 2.22. The molecule has 0 bridgehead atoms. The van der Waals surface area contributed by atoms with Gasteiger partial charge in [0.2, 0.25) is 0 Å². The van der Waals surface area contributed by atoms with Crippen molar-refractivity contribution in [2.45, 2.75) is 43.4 Å². The molecule has 2 heterocycles. The molecule has 1 atom stereocenters. The fraction of sp³-hybridized carbons (Fsp3) is 0.500. The summed E-state index contributed by atoms with van der Waals surface area (Å²) in [6.07, 6.45) is 5.65. The average Bonchev–Trinajstić information content (AvgIpc) is 3.12. The topological polar surface area (TPSA) is 123 Å². The molecular formula is C24H35ClN6O3S. The fourth-order valence-corrected chi connectivity index (χ4v) is 5.89. The van der Waals surface area contributed by atoms with Crippen molar-refractivity contribution in [3.63, 3.8) is 0 Å². The molecule has 0 aromatic heterocycles. The molecule has 2 amide bonds. The van der Waals surface area contributed by atoms with E-state index in [0.29, 0.717) is 26.2 Å². The van der Waals surface area contributed by atoms with Crippen LogP contribution in [0, 0.1) is 11.3 Å². The number of carbonyl (C=O) groups is 1. The van der Waals surface area contributed by atoms with Crippen molar-refractivity contribution in [1.29, 1.82) is 5.41 Å². The van der Waals surface area contributed by atoms with Crippen LogP contribution in [0.25, 0.3) is 10.8 Å². The van der Waals surface area contributed by atoms with Crippen molar-refractivity contribution in [3.05, 3.63) is 42.5 Å². The molecule has 2 aromatic carbocycles. The van der Waals surface area contributed by atoms with Crippen LogP contribution >= 0.6 is 12.4 Å². The lowest BCUT2D eigenvalue weighted by Gasteiger charge is -2.37. The molecule has 35 heavy (non-hydrogen) atoms. The zero-order chi connectivity index (χ0) is 24.1. The third-order valence-corrected chi connectivity index (χ3v) is 8.00. The van der Waals surface area contributed by atoms with E-state index in [1.807, 2.05) is 24.3 Å². The molecule has 192 valence electrons. The lowest BCUT2D eigenvalue weighted by atomic mass is 9.98. The van der Waals surface area contributed by atoms with E-state index in [9.17, 15) is 13.2 Å². The number of hydrogen-bond acceptors (Lipinski definition) is 4. The predicted octanol–water partition coefficient (Wildman–Crippen LogP) is 3.36. The number of piperidine rings is 1. The van der Waals surface area contributed by atoms with Crippen molar-refractivity contribution >= 4 is 45.2 Å². The van der Waals surface area contributed by atoms with E-state index in [1.165, 1.54) is 5.01 Å². The quantitative estimate of drug-likeness (QED) is 0.315. The van der Waals surface area contributed by atoms with E-state index in [0.717, 1.165) is 49.3 Å². The number of sulfonamides is 1. The Hall–Kier alpha value is -2.56. The summed E-state index contributed by atoms with van der Waals surface area (Å²) < 4.78 is 26.7. The van der Waals surface area contributed by atoms with E-state index in [1.54, 1.807) is 28.0 Å². The van der Waals surface area contributed by atoms with Gasteiger partial charge in [-0.05, 0) is 54.5 Å². The lowest BCUT2D eigenvalue weighted by molar-refractivity contribution is 0.123. The normalized spacial score (nSPS) is 19.0. The Morgan fingerprint density at radius 2 is 1.66 bits per heavy atom. The van der Waals surface area contributed by atoms with Crippen LogP contribution in [0.15, 0.2) is 47.4 Å². The molecule has 11 heteroatoms. The zero-order valence-electron chi connectivity index (χ0n) is 19.9. The van der Waals surface area contributed by atoms with Crippen LogP contribution in [-0.4, -0.2) is 67.9 Å². The molecule has 2 aromatic rings. The Morgan fingerprint density at radius 1 is 1.00 bits per heavy atom. The summed E-state index contributed by atoms with van der Waals surface area (Å²) >= 11 is 0. The van der Waals surface area contributed by atoms with Crippen molar-refractivity contribution in [3.8, 4) is 0 Å². The van der Waals surface area contributed by atoms with E-state index in [4.69, 9.17) is 11.1 Å². The molecule has 1 unspecified atom stereocenters. The first-order valence-corrected chi connectivity index (χ1v) is 13.5. The number of fused-ring (bicyclic) bond motifs is 1. The second kappa shape index (κ2) is 11.9. The molecule has 0 spiro atoms. The maximum atomic E-state index is 13.5. The van der Waals surface area contributed by atoms with Gasteiger partial charge in [-0.25, -0.2) is 18.2 Å². The van der Waals surface area contributed by atoms with Gasteiger partial charge < -0.3 is 15.5 Å². The van der Waals surface area contributed by atoms with Gasteiger partial charge in [-0.1, -0.05) is 43.2 Å². The average molecular weight is 523 g/mol. The number of likely N-dealkylation sites (tertiary alicyclic amines) is 2. The highest BCUT2D eigenvalue weighted by molar-refractivity contribution is 7.89. The predicted molar refractivity (Wildman–Crippen MR) is 140 cm³/mol. The Labute approximate surface area is 213 Å². The van der Waals surface area contributed by atoms with Gasteiger partial charge in [0.05, 0.1) is 4.90 Å². The van der Waals surface area contributed by atoms with Crippen LogP contribution < -0.4 is 10.6 Å². The van der Waals surface area contributed by atoms with E-state index >= 15 is 0 Å². The largest absolute Gasteiger partial charge is 0.370 e. The van der Waals surface area contributed by atoms with Crippen molar-refractivity contribution < 1.29 is 13.2 Å². The summed E-state index contributed by atoms with van der Waals surface area (Å²) in [4.78, 5) is 19.7. The number of amides is 2. The Bertz CT molecular complexity index is 1140. The van der Waals surface area contributed by atoms with Gasteiger partial charge in [-0.2, -0.15) is 0 Å². The number of guanidine groups is 1. The summed E-state index contributed by atoms with van der Waals surface area (Å²) in [6.45, 7) is 2.70. The van der Waals surface area contributed by atoms with Crippen molar-refractivity contribution in [2.24, 2.45) is 11.7 Å². The minimum Gasteiger partial charge on any atom is -0.370 e. The van der Waals surface area contributed by atoms with Gasteiger partial charge >= 0.3 is 6.03 Å². The number of nitrogens with two attached hydrogens (primary N) is 1. The molecule has 9 nitrogen and oxygen atoms in total. The zero-order valence-corrected chi connectivity index (χ0v) is 21.5. The Balaban J connectivity index is 0.00000342. The maximum absolute atomic E-state index is 13.5. The van der Waals surface area contributed by atoms with Crippen LogP contribution in [0.3, 0.4) is 0 Å². The molecule has 2 aliphatic heterocycles. The van der Waals surface area contributed by atoms with Gasteiger partial charge in [0, 0.05) is 32.7 Å². The van der Waals surface area contributed by atoms with E-state index in [2.05, 4.69) is 4.83 Å². The summed E-state index contributed by atoms with van der Waals surface area (Å²) in [7, 11) is -3.98. The number of nitrogens with one attached hydrogen (secondary N) is 2. The van der Waals surface area contributed by atoms with Gasteiger partial charge in [0.15, 0.2) is 5.96 Å². The molecule has 0 saturated carbocycles. The summed E-state index contributed by atoms with van der Waals surface area (Å²) in [5.41, 5.74) is 5.69. The molecule has 0 radical (unpaired) electrons. The summed E-state index contributed by atoms with van der Waals surface area (Å²) in [5.74, 6) is 0.0136. The second-order valence-corrected chi connectivity index (χ2v) is 10.9. The van der Waals surface area contributed by atoms with Crippen LogP contribution in [0.1, 0.15) is 38.5 Å². The van der Waals surface area contributed by atoms with E-state index in [-0.39, 0.29) is 41.8 Å². The number of urea groups is 1. The van der Waals surface area contributed by atoms with Crippen LogP contribution in [-0.2, 0) is 10.0 Å². The first-order valence-electron chi connectivity index (χ1n) is 12.0. The van der Waals surface area contributed by atoms with Gasteiger partial charge in [-0.3, -0.25) is 5.41 Å². The minimum absolute atomic E-state index is 0. The summed E-state index contributed by atoms with van der Waals surface area (Å²) in [6, 6.07) is 12.2. The molecule has 2 fully saturated rings.